The molecule has 3 nitrogen and oxygen atoms in total. The molecule has 4 heteroatoms. The van der Waals surface area contributed by atoms with Crippen molar-refractivity contribution in [2.24, 2.45) is 0 Å². The Morgan fingerprint density at radius 1 is 0.214 bits per heavy atom. The molecule has 70 heavy (non-hydrogen) atoms. The number of aromatic nitrogens is 3. The van der Waals surface area contributed by atoms with Gasteiger partial charge >= 0.3 is 0 Å². The van der Waals surface area contributed by atoms with E-state index in [0.717, 1.165) is 5.69 Å². The Bertz CT molecular complexity index is 4450. The molecule has 11 aromatic carbocycles. The molecule has 0 N–H and O–H groups in total. The highest BCUT2D eigenvalue weighted by molar-refractivity contribution is 7.24. The lowest BCUT2D eigenvalue weighted by atomic mass is 10.0. The number of nitrogens with zero attached hydrogens (tertiary/aromatic N) is 3. The largest absolute Gasteiger partial charge is 0.309 e. The molecule has 0 atom stereocenters. The van der Waals surface area contributed by atoms with Gasteiger partial charge in [0.25, 0.3) is 0 Å². The highest BCUT2D eigenvalue weighted by Crippen LogP contribution is 2.42. The van der Waals surface area contributed by atoms with E-state index < -0.39 is 8.07 Å². The molecule has 324 valence electrons. The van der Waals surface area contributed by atoms with Crippen molar-refractivity contribution in [3.63, 3.8) is 0 Å². The molecule has 3 aromatic heterocycles. The van der Waals surface area contributed by atoms with E-state index >= 15 is 0 Å². The summed E-state index contributed by atoms with van der Waals surface area (Å²) in [5.41, 5.74) is 18.6. The van der Waals surface area contributed by atoms with Crippen molar-refractivity contribution in [3.8, 4) is 50.4 Å². The molecule has 0 saturated heterocycles. The van der Waals surface area contributed by atoms with Gasteiger partial charge in [0.1, 0.15) is 0 Å². The lowest BCUT2D eigenvalue weighted by Crippen LogP contribution is -2.70. The number of hydrogen-bond acceptors (Lipinski definition) is 0. The van der Waals surface area contributed by atoms with Crippen molar-refractivity contribution < 1.29 is 0 Å². The first-order valence-corrected chi connectivity index (χ1v) is 26.3. The van der Waals surface area contributed by atoms with E-state index in [-0.39, 0.29) is 0 Å². The van der Waals surface area contributed by atoms with Gasteiger partial charge in [-0.2, -0.15) is 0 Å². The smallest absolute Gasteiger partial charge is 0.182 e. The van der Waals surface area contributed by atoms with Crippen LogP contribution in [0.15, 0.2) is 249 Å². The third-order valence-corrected chi connectivity index (χ3v) is 20.8. The highest BCUT2D eigenvalue weighted by Gasteiger charge is 2.53. The first kappa shape index (κ1) is 38.1. The predicted octanol–water partition coefficient (Wildman–Crippen LogP) is 14.0. The van der Waals surface area contributed by atoms with E-state index in [1.54, 1.807) is 0 Å². The first-order valence-electron chi connectivity index (χ1n) is 24.3. The van der Waals surface area contributed by atoms with E-state index in [2.05, 4.69) is 262 Å². The van der Waals surface area contributed by atoms with Gasteiger partial charge in [-0.25, -0.2) is 0 Å². The minimum atomic E-state index is -2.56. The predicted molar refractivity (Wildman–Crippen MR) is 296 cm³/mol. The molecule has 5 heterocycles. The average Bonchev–Trinajstić information content (AvgIpc) is 4.21. The van der Waals surface area contributed by atoms with Crippen molar-refractivity contribution in [1.29, 1.82) is 0 Å². The van der Waals surface area contributed by atoms with Crippen LogP contribution >= 0.6 is 0 Å². The van der Waals surface area contributed by atoms with E-state index in [1.807, 2.05) is 0 Å². The summed E-state index contributed by atoms with van der Waals surface area (Å²) in [5, 5.41) is 13.5. The minimum Gasteiger partial charge on any atom is -0.309 e. The van der Waals surface area contributed by atoms with Crippen LogP contribution in [0.2, 0.25) is 0 Å². The molecule has 0 aliphatic carbocycles. The summed E-state index contributed by atoms with van der Waals surface area (Å²) in [6, 6.07) is 93.5. The zero-order valence-corrected chi connectivity index (χ0v) is 39.0. The second kappa shape index (κ2) is 14.1. The van der Waals surface area contributed by atoms with Crippen molar-refractivity contribution in [2.75, 3.05) is 0 Å². The molecule has 16 rings (SSSR count). The van der Waals surface area contributed by atoms with E-state index in [1.165, 1.54) is 131 Å². The van der Waals surface area contributed by atoms with E-state index in [9.17, 15) is 0 Å². The van der Waals surface area contributed by atoms with Gasteiger partial charge in [-0.3, -0.25) is 0 Å². The number of rotatable bonds is 4. The molecule has 0 amide bonds. The van der Waals surface area contributed by atoms with Gasteiger partial charge in [0, 0.05) is 49.4 Å². The number of hydrogen-bond donors (Lipinski definition) is 0. The first-order chi connectivity index (χ1) is 34.7. The molecule has 0 fully saturated rings. The zero-order valence-electron chi connectivity index (χ0n) is 38.0. The van der Waals surface area contributed by atoms with Gasteiger partial charge < -0.3 is 13.7 Å². The Hall–Kier alpha value is -8.96. The summed E-state index contributed by atoms with van der Waals surface area (Å²) in [7, 11) is -2.56. The van der Waals surface area contributed by atoms with Crippen LogP contribution in [-0.4, -0.2) is 21.8 Å². The summed E-state index contributed by atoms with van der Waals surface area (Å²) < 4.78 is 7.36. The Kier molecular flexibility index (Phi) is 7.64. The van der Waals surface area contributed by atoms with Crippen LogP contribution in [-0.2, 0) is 0 Å². The average molecular weight is 904 g/mol. The summed E-state index contributed by atoms with van der Waals surface area (Å²) in [6.07, 6.45) is 0. The van der Waals surface area contributed by atoms with Gasteiger partial charge in [0.2, 0.25) is 0 Å². The van der Waals surface area contributed by atoms with Crippen molar-refractivity contribution in [1.82, 2.24) is 13.7 Å². The second-order valence-electron chi connectivity index (χ2n) is 19.2. The lowest BCUT2D eigenvalue weighted by Gasteiger charge is -2.27. The Balaban J connectivity index is 0.941. The third kappa shape index (κ3) is 4.92. The third-order valence-electron chi connectivity index (χ3n) is 15.8. The number of benzene rings is 11. The molecular weight excluding hydrogens is 863 g/mol. The summed E-state index contributed by atoms with van der Waals surface area (Å²) >= 11 is 0. The van der Waals surface area contributed by atoms with Crippen LogP contribution in [0.3, 0.4) is 0 Å². The van der Waals surface area contributed by atoms with Gasteiger partial charge in [0.05, 0.1) is 33.1 Å². The van der Waals surface area contributed by atoms with Gasteiger partial charge in [-0.1, -0.05) is 164 Å². The monoisotopic (exact) mass is 903 g/mol. The number of fused-ring (bicyclic) bond motifs is 19. The Morgan fingerprint density at radius 2 is 0.571 bits per heavy atom. The van der Waals surface area contributed by atoms with Gasteiger partial charge in [0.15, 0.2) is 8.07 Å². The topological polar surface area (TPSA) is 14.8 Å². The maximum Gasteiger partial charge on any atom is 0.182 e. The van der Waals surface area contributed by atoms with Crippen LogP contribution < -0.4 is 20.7 Å². The summed E-state index contributed by atoms with van der Waals surface area (Å²) in [5.74, 6) is 0. The van der Waals surface area contributed by atoms with Crippen LogP contribution in [0, 0.1) is 0 Å². The molecule has 1 spiro atoms. The standard InChI is InChI=1S/C66H41N3Si/c1-2-16-44(17-3-1)67-59-26-12-6-20-49(59)53-38-42(30-34-60(53)67)43-31-35-61-54(39-43)55-40-45(68-57-24-10-4-18-47(57)48-19-5-11-25-58(48)68)32-36-62(55)69(61)46-33-37-66-56(41-46)52-23-9-15-29-65(52)70(66)63-27-13-7-21-50(63)51-22-8-14-28-64(51)70/h1-41H. The summed E-state index contributed by atoms with van der Waals surface area (Å²) in [4.78, 5) is 0. The van der Waals surface area contributed by atoms with E-state index in [4.69, 9.17) is 0 Å². The van der Waals surface area contributed by atoms with Crippen molar-refractivity contribution >= 4 is 94.2 Å². The van der Waals surface area contributed by atoms with Crippen LogP contribution in [0.5, 0.6) is 0 Å². The quantitative estimate of drug-likeness (QED) is 0.156. The Labute approximate surface area is 405 Å². The minimum absolute atomic E-state index is 1.15. The fraction of sp³-hybridized carbons (Fsp3) is 0. The SMILES string of the molecule is c1ccc(-n2c3ccccc3c3cc(-c4ccc5c(c4)c4cc(-n6c7ccccc7c7ccccc76)ccc4n5-c4ccc5c(c4)-c4ccccc4[Si]54c5ccccc5-c5ccccc54)ccc32)cc1. The normalized spacial score (nSPS) is 13.3. The maximum atomic E-state index is 2.52. The van der Waals surface area contributed by atoms with Gasteiger partial charge in [-0.05, 0) is 139 Å². The summed E-state index contributed by atoms with van der Waals surface area (Å²) in [6.45, 7) is 0. The molecule has 2 aliphatic rings. The molecule has 14 aromatic rings. The van der Waals surface area contributed by atoms with Crippen molar-refractivity contribution in [3.05, 3.63) is 249 Å². The van der Waals surface area contributed by atoms with Crippen molar-refractivity contribution in [2.45, 2.75) is 0 Å². The maximum absolute atomic E-state index is 2.56. The van der Waals surface area contributed by atoms with Crippen LogP contribution in [0.25, 0.3) is 116 Å². The molecule has 0 bridgehead atoms. The zero-order chi connectivity index (χ0) is 45.7. The van der Waals surface area contributed by atoms with Gasteiger partial charge in [-0.15, -0.1) is 0 Å². The van der Waals surface area contributed by atoms with E-state index in [0.29, 0.717) is 0 Å². The molecule has 0 radical (unpaired) electrons. The number of para-hydroxylation sites is 4. The van der Waals surface area contributed by atoms with Crippen LogP contribution in [0.1, 0.15) is 0 Å². The van der Waals surface area contributed by atoms with Crippen LogP contribution in [0.4, 0.5) is 0 Å². The fourth-order valence-electron chi connectivity index (χ4n) is 13.0. The Morgan fingerprint density at radius 3 is 1.13 bits per heavy atom. The molecule has 0 saturated carbocycles. The second-order valence-corrected chi connectivity index (χ2v) is 22.8. The molecule has 2 aliphatic heterocycles. The highest BCUT2D eigenvalue weighted by atomic mass is 28.3. The lowest BCUT2D eigenvalue weighted by molar-refractivity contribution is 1.17. The molecule has 0 unspecified atom stereocenters. The molecular formula is C66H41N3Si. The fourth-order valence-corrected chi connectivity index (χ4v) is 18.6.